The molecule has 0 aromatic rings. The van der Waals surface area contributed by atoms with E-state index in [1.807, 2.05) is 6.92 Å². The largest absolute Gasteiger partial charge is 0.388 e. The van der Waals surface area contributed by atoms with Crippen molar-refractivity contribution in [1.82, 2.24) is 0 Å². The van der Waals surface area contributed by atoms with E-state index in [9.17, 15) is 15.3 Å². The number of hydrogen-bond donors (Lipinski definition) is 3. The van der Waals surface area contributed by atoms with Gasteiger partial charge in [-0.05, 0) is 52.9 Å². The average Bonchev–Trinajstić information content (AvgIpc) is 2.27. The Bertz CT molecular complexity index is 336. The van der Waals surface area contributed by atoms with E-state index in [2.05, 4.69) is 13.0 Å². The van der Waals surface area contributed by atoms with Gasteiger partial charge in [-0.3, -0.25) is 0 Å². The van der Waals surface area contributed by atoms with Gasteiger partial charge in [0.25, 0.3) is 0 Å². The zero-order valence-electron chi connectivity index (χ0n) is 11.8. The first kappa shape index (κ1) is 15.4. The van der Waals surface area contributed by atoms with E-state index >= 15 is 0 Å². The van der Waals surface area contributed by atoms with Crippen molar-refractivity contribution in [1.29, 1.82) is 0 Å². The van der Waals surface area contributed by atoms with E-state index in [1.54, 1.807) is 6.08 Å². The van der Waals surface area contributed by atoms with Crippen molar-refractivity contribution in [2.45, 2.75) is 64.8 Å². The maximum atomic E-state index is 9.90. The molecule has 3 nitrogen and oxygen atoms in total. The third-order valence-corrected chi connectivity index (χ3v) is 3.76. The average molecular weight is 254 g/mol. The highest BCUT2D eigenvalue weighted by molar-refractivity contribution is 5.15. The Morgan fingerprint density at radius 3 is 2.50 bits per heavy atom. The van der Waals surface area contributed by atoms with Crippen LogP contribution in [-0.4, -0.2) is 33.1 Å². The van der Waals surface area contributed by atoms with Crippen LogP contribution in [0.4, 0.5) is 0 Å². The molecule has 0 saturated carbocycles. The molecule has 0 amide bonds. The van der Waals surface area contributed by atoms with Crippen LogP contribution in [0.15, 0.2) is 23.3 Å². The third kappa shape index (κ3) is 4.23. The maximum absolute atomic E-state index is 9.90. The molecule has 3 N–H and O–H groups in total. The molecule has 0 fully saturated rings. The van der Waals surface area contributed by atoms with E-state index in [1.165, 1.54) is 19.4 Å². The van der Waals surface area contributed by atoms with E-state index < -0.39 is 17.8 Å². The summed E-state index contributed by atoms with van der Waals surface area (Å²) in [5.74, 6) is 0.442. The molecule has 0 radical (unpaired) electrons. The number of hydrogen-bond acceptors (Lipinski definition) is 3. The van der Waals surface area contributed by atoms with Crippen LogP contribution in [0.1, 0.15) is 47.0 Å². The lowest BCUT2D eigenvalue weighted by molar-refractivity contribution is -0.0919. The number of rotatable bonds is 4. The van der Waals surface area contributed by atoms with Gasteiger partial charge in [0.15, 0.2) is 0 Å². The lowest BCUT2D eigenvalue weighted by Crippen LogP contribution is -2.43. The van der Waals surface area contributed by atoms with Crippen LogP contribution in [0.5, 0.6) is 0 Å². The van der Waals surface area contributed by atoms with Gasteiger partial charge >= 0.3 is 0 Å². The zero-order chi connectivity index (χ0) is 13.9. The normalized spacial score (nSPS) is 25.6. The molecule has 0 aromatic carbocycles. The standard InChI is InChI=1S/C15H26O3/c1-10-5-7-12(8-6-10)11(2)9-13(16)14(17)15(3,4)18/h5,9,12-14,16-18H,6-8H2,1-4H3/t12-,13-,14+/m1/s1. The van der Waals surface area contributed by atoms with Crippen LogP contribution in [0, 0.1) is 5.92 Å². The summed E-state index contributed by atoms with van der Waals surface area (Å²) in [6.07, 6.45) is 4.94. The summed E-state index contributed by atoms with van der Waals surface area (Å²) < 4.78 is 0. The monoisotopic (exact) mass is 254 g/mol. The molecule has 1 aliphatic carbocycles. The first-order valence-electron chi connectivity index (χ1n) is 6.64. The minimum atomic E-state index is -1.29. The molecule has 0 spiro atoms. The fraction of sp³-hybridized carbons (Fsp3) is 0.733. The second kappa shape index (κ2) is 6.00. The van der Waals surface area contributed by atoms with Gasteiger partial charge in [-0.15, -0.1) is 0 Å². The Balaban J connectivity index is 2.66. The highest BCUT2D eigenvalue weighted by atomic mass is 16.4. The van der Waals surface area contributed by atoms with Crippen LogP contribution >= 0.6 is 0 Å². The van der Waals surface area contributed by atoms with Crippen molar-refractivity contribution in [2.24, 2.45) is 5.92 Å². The van der Waals surface area contributed by atoms with Gasteiger partial charge in [0.05, 0.1) is 5.60 Å². The van der Waals surface area contributed by atoms with Gasteiger partial charge < -0.3 is 15.3 Å². The first-order chi connectivity index (χ1) is 8.21. The minimum absolute atomic E-state index is 0.442. The molecule has 0 aromatic heterocycles. The second-order valence-electron chi connectivity index (χ2n) is 6.02. The highest BCUT2D eigenvalue weighted by Gasteiger charge is 2.30. The Morgan fingerprint density at radius 2 is 2.06 bits per heavy atom. The summed E-state index contributed by atoms with van der Waals surface area (Å²) in [5, 5.41) is 29.4. The van der Waals surface area contributed by atoms with Gasteiger partial charge in [-0.2, -0.15) is 0 Å². The smallest absolute Gasteiger partial charge is 0.112 e. The molecular formula is C15H26O3. The maximum Gasteiger partial charge on any atom is 0.112 e. The quantitative estimate of drug-likeness (QED) is 0.674. The number of allylic oxidation sites excluding steroid dienone is 3. The summed E-state index contributed by atoms with van der Waals surface area (Å²) in [5.41, 5.74) is 1.23. The molecule has 0 aliphatic heterocycles. The van der Waals surface area contributed by atoms with E-state index in [4.69, 9.17) is 0 Å². The lowest BCUT2D eigenvalue weighted by atomic mass is 9.84. The zero-order valence-corrected chi connectivity index (χ0v) is 11.8. The molecule has 3 heteroatoms. The van der Waals surface area contributed by atoms with E-state index in [0.717, 1.165) is 24.8 Å². The molecule has 1 aliphatic rings. The van der Waals surface area contributed by atoms with E-state index in [-0.39, 0.29) is 0 Å². The molecule has 0 saturated heterocycles. The molecule has 0 heterocycles. The van der Waals surface area contributed by atoms with Crippen molar-refractivity contribution in [3.05, 3.63) is 23.3 Å². The SMILES string of the molecule is CC1=CC[C@@H](C(C)=C[C@@H](O)[C@H](O)C(C)(C)O)CC1. The second-order valence-corrected chi connectivity index (χ2v) is 6.02. The summed E-state index contributed by atoms with van der Waals surface area (Å²) >= 11 is 0. The summed E-state index contributed by atoms with van der Waals surface area (Å²) in [6.45, 7) is 7.12. The van der Waals surface area contributed by atoms with Crippen LogP contribution in [-0.2, 0) is 0 Å². The van der Waals surface area contributed by atoms with Gasteiger partial charge in [-0.25, -0.2) is 0 Å². The number of aliphatic hydroxyl groups excluding tert-OH is 2. The molecule has 18 heavy (non-hydrogen) atoms. The Morgan fingerprint density at radius 1 is 1.44 bits per heavy atom. The van der Waals surface area contributed by atoms with Crippen molar-refractivity contribution < 1.29 is 15.3 Å². The lowest BCUT2D eigenvalue weighted by Gasteiger charge is -2.28. The van der Waals surface area contributed by atoms with Gasteiger partial charge in [0.2, 0.25) is 0 Å². The summed E-state index contributed by atoms with van der Waals surface area (Å²) in [6, 6.07) is 0. The predicted molar refractivity (Wildman–Crippen MR) is 73.2 cm³/mol. The van der Waals surface area contributed by atoms with E-state index in [0.29, 0.717) is 5.92 Å². The van der Waals surface area contributed by atoms with Gasteiger partial charge in [-0.1, -0.05) is 23.3 Å². The Labute approximate surface area is 110 Å². The van der Waals surface area contributed by atoms with Crippen LogP contribution in [0.3, 0.4) is 0 Å². The first-order valence-corrected chi connectivity index (χ1v) is 6.64. The molecule has 1 rings (SSSR count). The summed E-state index contributed by atoms with van der Waals surface area (Å²) in [7, 11) is 0. The van der Waals surface area contributed by atoms with Gasteiger partial charge in [0, 0.05) is 0 Å². The molecule has 0 bridgehead atoms. The molecule has 0 unspecified atom stereocenters. The number of aliphatic hydroxyl groups is 3. The Kier molecular flexibility index (Phi) is 5.14. The third-order valence-electron chi connectivity index (χ3n) is 3.76. The van der Waals surface area contributed by atoms with Crippen molar-refractivity contribution in [3.63, 3.8) is 0 Å². The van der Waals surface area contributed by atoms with Crippen LogP contribution in [0.2, 0.25) is 0 Å². The molecule has 104 valence electrons. The van der Waals surface area contributed by atoms with Crippen molar-refractivity contribution in [2.75, 3.05) is 0 Å². The minimum Gasteiger partial charge on any atom is -0.388 e. The fourth-order valence-electron chi connectivity index (χ4n) is 2.29. The van der Waals surface area contributed by atoms with Gasteiger partial charge in [0.1, 0.15) is 12.2 Å². The molecular weight excluding hydrogens is 228 g/mol. The summed E-state index contributed by atoms with van der Waals surface area (Å²) in [4.78, 5) is 0. The van der Waals surface area contributed by atoms with Crippen LogP contribution < -0.4 is 0 Å². The van der Waals surface area contributed by atoms with Crippen LogP contribution in [0.25, 0.3) is 0 Å². The topological polar surface area (TPSA) is 60.7 Å². The van der Waals surface area contributed by atoms with Crippen molar-refractivity contribution >= 4 is 0 Å². The predicted octanol–water partition coefficient (Wildman–Crippen LogP) is 2.17. The van der Waals surface area contributed by atoms with Crippen molar-refractivity contribution in [3.8, 4) is 0 Å². The highest BCUT2D eigenvalue weighted by Crippen LogP contribution is 2.29. The fourth-order valence-corrected chi connectivity index (χ4v) is 2.29. The Hall–Kier alpha value is -0.640. The molecule has 3 atom stereocenters.